The summed E-state index contributed by atoms with van der Waals surface area (Å²) in [5, 5.41) is 4.28. The average Bonchev–Trinajstić information content (AvgIpc) is 3.31. The molecule has 1 fully saturated rings. The first-order valence-corrected chi connectivity index (χ1v) is 10.8. The van der Waals surface area contributed by atoms with E-state index >= 15 is 0 Å². The summed E-state index contributed by atoms with van der Waals surface area (Å²) in [4.78, 5) is 25.4. The van der Waals surface area contributed by atoms with Gasteiger partial charge in [0.05, 0.1) is 5.57 Å². The van der Waals surface area contributed by atoms with Gasteiger partial charge < -0.3 is 9.88 Å². The lowest BCUT2D eigenvalue weighted by Crippen LogP contribution is -2.44. The Morgan fingerprint density at radius 1 is 1.17 bits per heavy atom. The number of nitrogens with one attached hydrogen (secondary N) is 2. The zero-order chi connectivity index (χ0) is 20.5. The fourth-order valence-electron chi connectivity index (χ4n) is 4.65. The van der Waals surface area contributed by atoms with Crippen LogP contribution >= 0.6 is 0 Å². The number of aromatic nitrogens is 2. The van der Waals surface area contributed by atoms with Crippen LogP contribution in [-0.2, 0) is 24.2 Å². The Morgan fingerprint density at radius 3 is 2.80 bits per heavy atom. The van der Waals surface area contributed by atoms with Crippen LogP contribution in [0.1, 0.15) is 40.9 Å². The number of amides is 1. The van der Waals surface area contributed by atoms with Crippen molar-refractivity contribution in [2.45, 2.75) is 32.2 Å². The van der Waals surface area contributed by atoms with Gasteiger partial charge >= 0.3 is 0 Å². The van der Waals surface area contributed by atoms with Crippen molar-refractivity contribution in [3.63, 3.8) is 0 Å². The molecule has 7 nitrogen and oxygen atoms in total. The van der Waals surface area contributed by atoms with Crippen LogP contribution in [0.3, 0.4) is 0 Å². The van der Waals surface area contributed by atoms with Gasteiger partial charge in [0.1, 0.15) is 5.71 Å². The van der Waals surface area contributed by atoms with Crippen molar-refractivity contribution in [1.29, 1.82) is 0 Å². The molecule has 1 amide bonds. The molecule has 156 valence electrons. The molecular formula is C23H28N6O. The van der Waals surface area contributed by atoms with E-state index in [1.807, 2.05) is 18.2 Å². The first kappa shape index (κ1) is 19.2. The number of nitrogens with zero attached hydrogens (tertiary/aromatic N) is 4. The predicted octanol–water partition coefficient (Wildman–Crippen LogP) is 1.95. The van der Waals surface area contributed by atoms with Gasteiger partial charge in [-0.1, -0.05) is 0 Å². The first-order chi connectivity index (χ1) is 14.7. The maximum atomic E-state index is 12.6. The SMILES string of the molecule is CN1CCN(Cc2c(/C=C3/C(=O)NN=C3c3cccnc3)[nH]c3c2CCCC3)CC1. The maximum absolute atomic E-state index is 12.6. The van der Waals surface area contributed by atoms with Crippen molar-refractivity contribution < 1.29 is 4.79 Å². The maximum Gasteiger partial charge on any atom is 0.273 e. The van der Waals surface area contributed by atoms with Crippen molar-refractivity contribution in [3.8, 4) is 0 Å². The Kier molecular flexibility index (Phi) is 5.23. The Morgan fingerprint density at radius 2 is 2.00 bits per heavy atom. The number of piperazine rings is 1. The number of hydrogen-bond acceptors (Lipinski definition) is 5. The number of fused-ring (bicyclic) bond motifs is 1. The molecule has 5 rings (SSSR count). The van der Waals surface area contributed by atoms with E-state index in [1.165, 1.54) is 29.7 Å². The molecule has 0 bridgehead atoms. The Hall–Kier alpha value is -2.77. The van der Waals surface area contributed by atoms with Crippen LogP contribution in [0.5, 0.6) is 0 Å². The highest BCUT2D eigenvalue weighted by molar-refractivity contribution is 6.33. The van der Waals surface area contributed by atoms with E-state index in [9.17, 15) is 4.79 Å². The highest BCUT2D eigenvalue weighted by Gasteiger charge is 2.27. The summed E-state index contributed by atoms with van der Waals surface area (Å²) in [6.07, 6.45) is 10.1. The minimum Gasteiger partial charge on any atom is -0.358 e. The van der Waals surface area contributed by atoms with Gasteiger partial charge in [-0.2, -0.15) is 5.10 Å². The summed E-state index contributed by atoms with van der Waals surface area (Å²) in [7, 11) is 2.18. The van der Waals surface area contributed by atoms with Gasteiger partial charge in [-0.05, 0) is 62.1 Å². The number of aryl methyl sites for hydroxylation is 1. The van der Waals surface area contributed by atoms with Crippen LogP contribution in [0.15, 0.2) is 35.2 Å². The lowest BCUT2D eigenvalue weighted by molar-refractivity contribution is -0.116. The Labute approximate surface area is 176 Å². The van der Waals surface area contributed by atoms with E-state index in [0.29, 0.717) is 11.3 Å². The largest absolute Gasteiger partial charge is 0.358 e. The zero-order valence-corrected chi connectivity index (χ0v) is 17.4. The minimum atomic E-state index is -0.160. The molecule has 0 aromatic carbocycles. The molecule has 2 aromatic heterocycles. The molecule has 0 spiro atoms. The molecule has 2 aromatic rings. The number of likely N-dealkylation sites (N-methyl/N-ethyl adjacent to an activating group) is 1. The molecule has 2 aliphatic heterocycles. The summed E-state index contributed by atoms with van der Waals surface area (Å²) in [5.41, 5.74) is 9.95. The van der Waals surface area contributed by atoms with Crippen LogP contribution in [0.25, 0.3) is 6.08 Å². The first-order valence-electron chi connectivity index (χ1n) is 10.8. The van der Waals surface area contributed by atoms with Crippen LogP contribution in [0.4, 0.5) is 0 Å². The molecule has 0 unspecified atom stereocenters. The Bertz CT molecular complexity index is 998. The van der Waals surface area contributed by atoms with E-state index in [2.05, 4.69) is 37.3 Å². The molecule has 2 N–H and O–H groups in total. The topological polar surface area (TPSA) is 76.6 Å². The molecule has 0 saturated carbocycles. The molecule has 30 heavy (non-hydrogen) atoms. The lowest BCUT2D eigenvalue weighted by atomic mass is 9.93. The number of aromatic amines is 1. The van der Waals surface area contributed by atoms with Crippen LogP contribution in [0.2, 0.25) is 0 Å². The number of H-pyrrole nitrogens is 1. The van der Waals surface area contributed by atoms with E-state index < -0.39 is 0 Å². The van der Waals surface area contributed by atoms with Crippen molar-refractivity contribution in [2.75, 3.05) is 33.2 Å². The van der Waals surface area contributed by atoms with Crippen molar-refractivity contribution >= 4 is 17.7 Å². The third-order valence-corrected chi connectivity index (χ3v) is 6.41. The zero-order valence-electron chi connectivity index (χ0n) is 17.4. The van der Waals surface area contributed by atoms with Crippen molar-refractivity contribution in [3.05, 3.63) is 58.2 Å². The number of carbonyl (C=O) groups excluding carboxylic acids is 1. The van der Waals surface area contributed by atoms with E-state index in [4.69, 9.17) is 0 Å². The summed E-state index contributed by atoms with van der Waals surface area (Å²) in [6, 6.07) is 3.80. The fourth-order valence-corrected chi connectivity index (χ4v) is 4.65. The quantitative estimate of drug-likeness (QED) is 0.764. The standard InChI is InChI=1S/C23H28N6O/c1-28-9-11-29(12-10-28)15-19-17-6-2-3-7-20(17)25-21(19)13-18-22(26-27-23(18)30)16-5-4-8-24-14-16/h4-5,8,13-14,25H,2-3,6-7,9-12,15H2,1H3,(H,27,30)/b18-13+. The smallest absolute Gasteiger partial charge is 0.273 e. The van der Waals surface area contributed by atoms with Gasteiger partial charge in [0.15, 0.2) is 0 Å². The van der Waals surface area contributed by atoms with Gasteiger partial charge in [0, 0.05) is 62.1 Å². The Balaban J connectivity index is 1.51. The number of hydrogen-bond donors (Lipinski definition) is 2. The van der Waals surface area contributed by atoms with Crippen molar-refractivity contribution in [1.82, 2.24) is 25.2 Å². The molecule has 4 heterocycles. The second kappa shape index (κ2) is 8.16. The van der Waals surface area contributed by atoms with Gasteiger partial charge in [-0.3, -0.25) is 14.7 Å². The highest BCUT2D eigenvalue weighted by atomic mass is 16.2. The number of rotatable bonds is 4. The molecule has 1 aliphatic carbocycles. The summed E-state index contributed by atoms with van der Waals surface area (Å²) in [5.74, 6) is -0.160. The van der Waals surface area contributed by atoms with Crippen LogP contribution in [-0.4, -0.2) is 64.6 Å². The normalized spacial score (nSPS) is 21.6. The molecule has 3 aliphatic rings. The summed E-state index contributed by atoms with van der Waals surface area (Å²) >= 11 is 0. The molecule has 0 radical (unpaired) electrons. The molecule has 7 heteroatoms. The van der Waals surface area contributed by atoms with Crippen molar-refractivity contribution in [2.24, 2.45) is 5.10 Å². The second-order valence-electron chi connectivity index (χ2n) is 8.46. The van der Waals surface area contributed by atoms with E-state index in [1.54, 1.807) is 12.4 Å². The van der Waals surface area contributed by atoms with Gasteiger partial charge in [-0.15, -0.1) is 0 Å². The molecule has 1 saturated heterocycles. The average molecular weight is 405 g/mol. The highest BCUT2D eigenvalue weighted by Crippen LogP contribution is 2.30. The predicted molar refractivity (Wildman–Crippen MR) is 117 cm³/mol. The molecule has 0 atom stereocenters. The van der Waals surface area contributed by atoms with Gasteiger partial charge in [0.25, 0.3) is 5.91 Å². The summed E-state index contributed by atoms with van der Waals surface area (Å²) in [6.45, 7) is 5.29. The van der Waals surface area contributed by atoms with Gasteiger partial charge in [-0.25, -0.2) is 5.43 Å². The van der Waals surface area contributed by atoms with Crippen LogP contribution in [0, 0.1) is 0 Å². The number of hydrazone groups is 1. The van der Waals surface area contributed by atoms with Crippen LogP contribution < -0.4 is 5.43 Å². The van der Waals surface area contributed by atoms with E-state index in [-0.39, 0.29) is 5.91 Å². The molecular weight excluding hydrogens is 376 g/mol. The number of pyridine rings is 1. The number of carbonyl (C=O) groups is 1. The second-order valence-corrected chi connectivity index (χ2v) is 8.46. The fraction of sp³-hybridized carbons (Fsp3) is 0.435. The summed E-state index contributed by atoms with van der Waals surface area (Å²) < 4.78 is 0. The third-order valence-electron chi connectivity index (χ3n) is 6.41. The lowest BCUT2D eigenvalue weighted by Gasteiger charge is -2.32. The minimum absolute atomic E-state index is 0.160. The third kappa shape index (κ3) is 3.70. The van der Waals surface area contributed by atoms with Gasteiger partial charge in [0.2, 0.25) is 0 Å². The monoisotopic (exact) mass is 404 g/mol. The van der Waals surface area contributed by atoms with E-state index in [0.717, 1.165) is 56.8 Å².